The Kier molecular flexibility index (Phi) is 6.40. The van der Waals surface area contributed by atoms with Crippen LogP contribution in [0.4, 0.5) is 0 Å². The Morgan fingerprint density at radius 3 is 2.33 bits per heavy atom. The van der Waals surface area contributed by atoms with Crippen LogP contribution in [0.5, 0.6) is 0 Å². The zero-order chi connectivity index (χ0) is 22.5. The maximum absolute atomic E-state index is 12.8. The molecule has 0 spiro atoms. The number of aliphatic hydroxyl groups excluding tert-OH is 3. The molecule has 8 heteroatoms. The molecular weight excluding hydrogens is 392 g/mol. The predicted octanol–water partition coefficient (Wildman–Crippen LogP) is 1.33. The highest BCUT2D eigenvalue weighted by molar-refractivity contribution is 5.84. The Labute approximate surface area is 177 Å². The second-order valence-corrected chi connectivity index (χ2v) is 10.1. The van der Waals surface area contributed by atoms with E-state index in [0.717, 1.165) is 19.3 Å². The van der Waals surface area contributed by atoms with Crippen molar-refractivity contribution in [2.45, 2.75) is 103 Å². The van der Waals surface area contributed by atoms with Gasteiger partial charge in [-0.25, -0.2) is 0 Å². The number of fused-ring (bicyclic) bond motifs is 1. The number of ether oxygens (including phenoxy) is 3. The van der Waals surface area contributed by atoms with E-state index < -0.39 is 47.7 Å². The van der Waals surface area contributed by atoms with Crippen molar-refractivity contribution in [3.05, 3.63) is 0 Å². The summed E-state index contributed by atoms with van der Waals surface area (Å²) in [4.78, 5) is 24.3. The number of rotatable bonds is 5. The standard InChI is InChI=1S/C22H36O8/c1-12(23)22-10-14(6-8-21(22,5)9-7-16(22)26)20(3,4)30-19-18(29-13(2)24)17(27)15(25)11-28-19/h14-19,25-27H,6-11H2,1-5H3. The topological polar surface area (TPSA) is 123 Å². The van der Waals surface area contributed by atoms with E-state index in [1.165, 1.54) is 6.92 Å². The number of aliphatic hydroxyl groups is 3. The minimum Gasteiger partial charge on any atom is -0.454 e. The van der Waals surface area contributed by atoms with Crippen molar-refractivity contribution in [1.82, 2.24) is 0 Å². The lowest BCUT2D eigenvalue weighted by atomic mass is 9.52. The first-order valence-electron chi connectivity index (χ1n) is 10.9. The number of carbonyl (C=O) groups excluding carboxylic acids is 2. The Bertz CT molecular complexity index is 678. The van der Waals surface area contributed by atoms with Crippen molar-refractivity contribution in [2.75, 3.05) is 6.61 Å². The third kappa shape index (κ3) is 3.81. The highest BCUT2D eigenvalue weighted by Crippen LogP contribution is 2.63. The molecule has 0 amide bonds. The largest absolute Gasteiger partial charge is 0.454 e. The first-order valence-corrected chi connectivity index (χ1v) is 10.9. The summed E-state index contributed by atoms with van der Waals surface area (Å²) in [7, 11) is 0. The van der Waals surface area contributed by atoms with Crippen LogP contribution in [0.3, 0.4) is 0 Å². The summed E-state index contributed by atoms with van der Waals surface area (Å²) < 4.78 is 17.0. The van der Waals surface area contributed by atoms with Gasteiger partial charge in [0.2, 0.25) is 0 Å². The second-order valence-electron chi connectivity index (χ2n) is 10.1. The molecule has 0 radical (unpaired) electrons. The van der Waals surface area contributed by atoms with Crippen LogP contribution in [0.15, 0.2) is 0 Å². The summed E-state index contributed by atoms with van der Waals surface area (Å²) >= 11 is 0. The van der Waals surface area contributed by atoms with Gasteiger partial charge in [-0.2, -0.15) is 0 Å². The molecule has 0 aromatic rings. The van der Waals surface area contributed by atoms with Crippen LogP contribution < -0.4 is 0 Å². The zero-order valence-electron chi connectivity index (χ0n) is 18.6. The fraction of sp³-hybridized carbons (Fsp3) is 0.909. The van der Waals surface area contributed by atoms with Gasteiger partial charge in [0.15, 0.2) is 12.4 Å². The number of esters is 1. The molecule has 2 aliphatic carbocycles. The molecular formula is C22H36O8. The van der Waals surface area contributed by atoms with Gasteiger partial charge in [-0.3, -0.25) is 9.59 Å². The van der Waals surface area contributed by atoms with Gasteiger partial charge in [0, 0.05) is 6.92 Å². The van der Waals surface area contributed by atoms with E-state index in [2.05, 4.69) is 6.92 Å². The first-order chi connectivity index (χ1) is 13.8. The zero-order valence-corrected chi connectivity index (χ0v) is 18.6. The summed E-state index contributed by atoms with van der Waals surface area (Å²) in [5.41, 5.74) is -1.81. The molecule has 8 nitrogen and oxygen atoms in total. The Balaban J connectivity index is 1.81. The van der Waals surface area contributed by atoms with Gasteiger partial charge in [-0.1, -0.05) is 6.92 Å². The first kappa shape index (κ1) is 23.6. The van der Waals surface area contributed by atoms with Gasteiger partial charge in [0.05, 0.1) is 23.7 Å². The van der Waals surface area contributed by atoms with Crippen molar-refractivity contribution < 1.29 is 39.1 Å². The van der Waals surface area contributed by atoms with Gasteiger partial charge >= 0.3 is 5.97 Å². The molecule has 0 aromatic carbocycles. The molecule has 3 rings (SSSR count). The quantitative estimate of drug-likeness (QED) is 0.561. The lowest BCUT2D eigenvalue weighted by Crippen LogP contribution is -2.59. The molecule has 30 heavy (non-hydrogen) atoms. The Morgan fingerprint density at radius 2 is 1.73 bits per heavy atom. The lowest BCUT2D eigenvalue weighted by Gasteiger charge is -2.53. The highest BCUT2D eigenvalue weighted by atomic mass is 16.7. The van der Waals surface area contributed by atoms with E-state index in [1.54, 1.807) is 6.92 Å². The van der Waals surface area contributed by atoms with Crippen molar-refractivity contribution in [1.29, 1.82) is 0 Å². The van der Waals surface area contributed by atoms with E-state index in [-0.39, 0.29) is 23.7 Å². The van der Waals surface area contributed by atoms with Gasteiger partial charge in [-0.05, 0) is 64.2 Å². The van der Waals surface area contributed by atoms with Crippen LogP contribution in [0.1, 0.15) is 66.7 Å². The van der Waals surface area contributed by atoms with Crippen molar-refractivity contribution in [2.24, 2.45) is 16.7 Å². The number of ketones is 1. The molecule has 0 aromatic heterocycles. The number of carbonyl (C=O) groups is 2. The normalized spacial score (nSPS) is 44.4. The minimum absolute atomic E-state index is 0.0146. The van der Waals surface area contributed by atoms with Crippen molar-refractivity contribution in [3.8, 4) is 0 Å². The maximum Gasteiger partial charge on any atom is 0.303 e. The Hall–Kier alpha value is -1.06. The maximum atomic E-state index is 12.8. The fourth-order valence-corrected chi connectivity index (χ4v) is 6.02. The number of hydrogen-bond donors (Lipinski definition) is 3. The third-order valence-electron chi connectivity index (χ3n) is 7.99. The van der Waals surface area contributed by atoms with E-state index in [0.29, 0.717) is 12.8 Å². The van der Waals surface area contributed by atoms with Crippen LogP contribution in [0.25, 0.3) is 0 Å². The van der Waals surface area contributed by atoms with Crippen LogP contribution in [0, 0.1) is 16.7 Å². The molecule has 2 saturated carbocycles. The molecule has 1 heterocycles. The molecule has 1 saturated heterocycles. The SMILES string of the molecule is CC(=O)OC1C(OC(C)(C)C2CCC3(C)CCC(O)C3(C(C)=O)C2)OCC(O)C1O. The van der Waals surface area contributed by atoms with Crippen LogP contribution in [-0.4, -0.2) is 70.0 Å². The third-order valence-corrected chi connectivity index (χ3v) is 7.99. The molecule has 172 valence electrons. The van der Waals surface area contributed by atoms with E-state index in [9.17, 15) is 24.9 Å². The van der Waals surface area contributed by atoms with Crippen molar-refractivity contribution in [3.63, 3.8) is 0 Å². The number of Topliss-reactive ketones (excluding diaryl/α,β-unsaturated/α-hetero) is 1. The summed E-state index contributed by atoms with van der Waals surface area (Å²) in [5, 5.41) is 31.0. The minimum atomic E-state index is -1.32. The average Bonchev–Trinajstić information content (AvgIpc) is 2.92. The Morgan fingerprint density at radius 1 is 1.10 bits per heavy atom. The van der Waals surface area contributed by atoms with E-state index >= 15 is 0 Å². The number of hydrogen-bond acceptors (Lipinski definition) is 8. The van der Waals surface area contributed by atoms with E-state index in [4.69, 9.17) is 14.2 Å². The average molecular weight is 429 g/mol. The summed E-state index contributed by atoms with van der Waals surface area (Å²) in [6.07, 6.45) is -1.79. The molecule has 3 fully saturated rings. The molecule has 1 aliphatic heterocycles. The van der Waals surface area contributed by atoms with Crippen LogP contribution in [-0.2, 0) is 23.8 Å². The fourth-order valence-electron chi connectivity index (χ4n) is 6.02. The summed E-state index contributed by atoms with van der Waals surface area (Å²) in [6.45, 7) is 8.53. The molecule has 8 unspecified atom stereocenters. The van der Waals surface area contributed by atoms with E-state index in [1.807, 2.05) is 13.8 Å². The summed E-state index contributed by atoms with van der Waals surface area (Å²) in [6, 6.07) is 0. The van der Waals surface area contributed by atoms with Crippen molar-refractivity contribution >= 4 is 11.8 Å². The smallest absolute Gasteiger partial charge is 0.303 e. The predicted molar refractivity (Wildman–Crippen MR) is 106 cm³/mol. The van der Waals surface area contributed by atoms with Gasteiger partial charge in [-0.15, -0.1) is 0 Å². The molecule has 0 bridgehead atoms. The highest BCUT2D eigenvalue weighted by Gasteiger charge is 2.64. The van der Waals surface area contributed by atoms with Gasteiger partial charge in [0.1, 0.15) is 18.0 Å². The van der Waals surface area contributed by atoms with Gasteiger partial charge in [0.25, 0.3) is 0 Å². The second kappa shape index (κ2) is 8.13. The van der Waals surface area contributed by atoms with Crippen LogP contribution in [0.2, 0.25) is 0 Å². The van der Waals surface area contributed by atoms with Gasteiger partial charge < -0.3 is 29.5 Å². The lowest BCUT2D eigenvalue weighted by molar-refractivity contribution is -0.309. The monoisotopic (exact) mass is 428 g/mol. The van der Waals surface area contributed by atoms with Crippen LogP contribution >= 0.6 is 0 Å². The molecule has 8 atom stereocenters. The molecule has 3 N–H and O–H groups in total. The molecule has 3 aliphatic rings. The summed E-state index contributed by atoms with van der Waals surface area (Å²) in [5.74, 6) is -0.644.